The number of aliphatic hydroxyl groups is 2. The van der Waals surface area contributed by atoms with Gasteiger partial charge in [0.2, 0.25) is 0 Å². The minimum atomic E-state index is -0.297. The summed E-state index contributed by atoms with van der Waals surface area (Å²) in [6, 6.07) is 0. The second kappa shape index (κ2) is 3.94. The third kappa shape index (κ3) is 1.96. The predicted octanol–water partition coefficient (Wildman–Crippen LogP) is 1.02. The Balaban J connectivity index is 4.02. The molecule has 2 N–H and O–H groups in total. The van der Waals surface area contributed by atoms with Crippen molar-refractivity contribution in [1.29, 1.82) is 0 Å². The Labute approximate surface area is 62.9 Å². The van der Waals surface area contributed by atoms with Crippen LogP contribution in [0.15, 0.2) is 0 Å². The molecule has 0 unspecified atom stereocenters. The topological polar surface area (TPSA) is 40.5 Å². The smallest absolute Gasteiger partial charge is 0.0509 e. The Kier molecular flexibility index (Phi) is 3.91. The molecule has 0 aliphatic heterocycles. The largest absolute Gasteiger partial charge is 0.396 e. The van der Waals surface area contributed by atoms with Crippen LogP contribution in [0.5, 0.6) is 0 Å². The van der Waals surface area contributed by atoms with E-state index in [2.05, 4.69) is 6.92 Å². The van der Waals surface area contributed by atoms with Crippen molar-refractivity contribution in [1.82, 2.24) is 0 Å². The molecule has 0 aliphatic carbocycles. The van der Waals surface area contributed by atoms with Gasteiger partial charge in [0.1, 0.15) is 0 Å². The van der Waals surface area contributed by atoms with Crippen LogP contribution in [0.3, 0.4) is 0 Å². The number of hydrogen-bond acceptors (Lipinski definition) is 2. The third-order valence-corrected chi connectivity index (χ3v) is 2.52. The van der Waals surface area contributed by atoms with Gasteiger partial charge in [-0.15, -0.1) is 0 Å². The first-order valence-electron chi connectivity index (χ1n) is 3.82. The molecule has 0 saturated heterocycles. The standard InChI is InChI=1S/C8H18O2/c1-4-7(2)8(3,5-9)6-10/h7,9-10H,4-6H2,1-3H3/t7-/m0/s1. The zero-order valence-electron chi connectivity index (χ0n) is 7.09. The average Bonchev–Trinajstić information content (AvgIpc) is 2.01. The zero-order chi connectivity index (χ0) is 8.20. The first-order valence-corrected chi connectivity index (χ1v) is 3.82. The molecule has 0 amide bonds. The van der Waals surface area contributed by atoms with Gasteiger partial charge in [-0.1, -0.05) is 27.2 Å². The third-order valence-electron chi connectivity index (χ3n) is 2.52. The maximum absolute atomic E-state index is 8.93. The Morgan fingerprint density at radius 3 is 1.80 bits per heavy atom. The molecule has 1 atom stereocenters. The molecule has 62 valence electrons. The molecule has 10 heavy (non-hydrogen) atoms. The van der Waals surface area contributed by atoms with Crippen LogP contribution in [0.4, 0.5) is 0 Å². The van der Waals surface area contributed by atoms with E-state index < -0.39 is 0 Å². The second-order valence-electron chi connectivity index (χ2n) is 3.28. The molecule has 0 rings (SSSR count). The first-order chi connectivity index (χ1) is 4.60. The average molecular weight is 146 g/mol. The van der Waals surface area contributed by atoms with E-state index >= 15 is 0 Å². The van der Waals surface area contributed by atoms with E-state index in [0.717, 1.165) is 6.42 Å². The van der Waals surface area contributed by atoms with E-state index in [1.807, 2.05) is 13.8 Å². The van der Waals surface area contributed by atoms with Crippen molar-refractivity contribution in [2.45, 2.75) is 27.2 Å². The van der Waals surface area contributed by atoms with Gasteiger partial charge in [0, 0.05) is 5.41 Å². The van der Waals surface area contributed by atoms with Gasteiger partial charge in [0.15, 0.2) is 0 Å². The molecule has 0 aromatic rings. The fourth-order valence-corrected chi connectivity index (χ4v) is 0.854. The lowest BCUT2D eigenvalue weighted by Gasteiger charge is -2.30. The summed E-state index contributed by atoms with van der Waals surface area (Å²) < 4.78 is 0. The zero-order valence-corrected chi connectivity index (χ0v) is 7.09. The Hall–Kier alpha value is -0.0800. The molecule has 0 heterocycles. The highest BCUT2D eigenvalue weighted by Gasteiger charge is 2.28. The second-order valence-corrected chi connectivity index (χ2v) is 3.28. The van der Waals surface area contributed by atoms with Crippen molar-refractivity contribution < 1.29 is 10.2 Å². The van der Waals surface area contributed by atoms with Crippen molar-refractivity contribution >= 4 is 0 Å². The van der Waals surface area contributed by atoms with E-state index in [1.54, 1.807) is 0 Å². The molecule has 0 aromatic heterocycles. The van der Waals surface area contributed by atoms with Gasteiger partial charge in [-0.2, -0.15) is 0 Å². The van der Waals surface area contributed by atoms with Crippen molar-refractivity contribution in [3.8, 4) is 0 Å². The highest BCUT2D eigenvalue weighted by atomic mass is 16.3. The minimum absolute atomic E-state index is 0.0680. The van der Waals surface area contributed by atoms with Gasteiger partial charge in [-0.25, -0.2) is 0 Å². The molecule has 0 radical (unpaired) electrons. The quantitative estimate of drug-likeness (QED) is 0.621. The summed E-state index contributed by atoms with van der Waals surface area (Å²) in [6.07, 6.45) is 0.998. The first kappa shape index (κ1) is 9.92. The highest BCUT2D eigenvalue weighted by molar-refractivity contribution is 4.77. The van der Waals surface area contributed by atoms with Crippen LogP contribution >= 0.6 is 0 Å². The van der Waals surface area contributed by atoms with Gasteiger partial charge in [-0.3, -0.25) is 0 Å². The number of hydrogen-bond donors (Lipinski definition) is 2. The Bertz CT molecular complexity index is 87.3. The summed E-state index contributed by atoms with van der Waals surface area (Å²) in [5, 5.41) is 17.9. The molecule has 0 spiro atoms. The lowest BCUT2D eigenvalue weighted by atomic mass is 9.78. The SMILES string of the molecule is CC[C@H](C)C(C)(CO)CO. The number of rotatable bonds is 4. The molecule has 0 bridgehead atoms. The van der Waals surface area contributed by atoms with Crippen LogP contribution in [-0.4, -0.2) is 23.4 Å². The van der Waals surface area contributed by atoms with Crippen molar-refractivity contribution in [3.05, 3.63) is 0 Å². The summed E-state index contributed by atoms with van der Waals surface area (Å²) >= 11 is 0. The molecule has 0 aliphatic rings. The molecule has 2 nitrogen and oxygen atoms in total. The summed E-state index contributed by atoms with van der Waals surface area (Å²) in [7, 11) is 0. The fourth-order valence-electron chi connectivity index (χ4n) is 0.854. The lowest BCUT2D eigenvalue weighted by Crippen LogP contribution is -2.32. The summed E-state index contributed by atoms with van der Waals surface area (Å²) in [4.78, 5) is 0. The van der Waals surface area contributed by atoms with Crippen LogP contribution < -0.4 is 0 Å². The van der Waals surface area contributed by atoms with Crippen molar-refractivity contribution in [3.63, 3.8) is 0 Å². The van der Waals surface area contributed by atoms with Gasteiger partial charge < -0.3 is 10.2 Å². The van der Waals surface area contributed by atoms with Crippen LogP contribution in [-0.2, 0) is 0 Å². The monoisotopic (exact) mass is 146 g/mol. The molecule has 0 fully saturated rings. The van der Waals surface area contributed by atoms with Gasteiger partial charge in [0.05, 0.1) is 13.2 Å². The normalized spacial score (nSPS) is 15.3. The van der Waals surface area contributed by atoms with Crippen LogP contribution in [0.1, 0.15) is 27.2 Å². The van der Waals surface area contributed by atoms with E-state index in [1.165, 1.54) is 0 Å². The maximum Gasteiger partial charge on any atom is 0.0509 e. The van der Waals surface area contributed by atoms with Crippen LogP contribution in [0.2, 0.25) is 0 Å². The van der Waals surface area contributed by atoms with Crippen molar-refractivity contribution in [2.24, 2.45) is 11.3 Å². The summed E-state index contributed by atoms with van der Waals surface area (Å²) in [5.41, 5.74) is -0.297. The molecule has 0 saturated carbocycles. The molecular weight excluding hydrogens is 128 g/mol. The molecule has 2 heteroatoms. The van der Waals surface area contributed by atoms with E-state index in [9.17, 15) is 0 Å². The van der Waals surface area contributed by atoms with Gasteiger partial charge >= 0.3 is 0 Å². The van der Waals surface area contributed by atoms with Gasteiger partial charge in [0.25, 0.3) is 0 Å². The summed E-state index contributed by atoms with van der Waals surface area (Å²) in [5.74, 6) is 0.377. The van der Waals surface area contributed by atoms with Crippen LogP contribution in [0, 0.1) is 11.3 Å². The Morgan fingerprint density at radius 1 is 1.30 bits per heavy atom. The predicted molar refractivity (Wildman–Crippen MR) is 41.7 cm³/mol. The molecule has 0 aromatic carbocycles. The molecular formula is C8H18O2. The highest BCUT2D eigenvalue weighted by Crippen LogP contribution is 2.27. The number of aliphatic hydroxyl groups excluding tert-OH is 2. The van der Waals surface area contributed by atoms with Crippen molar-refractivity contribution in [2.75, 3.05) is 13.2 Å². The van der Waals surface area contributed by atoms with E-state index in [4.69, 9.17) is 10.2 Å². The fraction of sp³-hybridized carbons (Fsp3) is 1.00. The van der Waals surface area contributed by atoms with E-state index in [-0.39, 0.29) is 18.6 Å². The summed E-state index contributed by atoms with van der Waals surface area (Å²) in [6.45, 7) is 6.15. The minimum Gasteiger partial charge on any atom is -0.396 e. The van der Waals surface area contributed by atoms with Crippen LogP contribution in [0.25, 0.3) is 0 Å². The van der Waals surface area contributed by atoms with E-state index in [0.29, 0.717) is 5.92 Å². The lowest BCUT2D eigenvalue weighted by molar-refractivity contribution is 0.0243. The Morgan fingerprint density at radius 2 is 1.70 bits per heavy atom. The van der Waals surface area contributed by atoms with Gasteiger partial charge in [-0.05, 0) is 5.92 Å². The maximum atomic E-state index is 8.93.